The van der Waals surface area contributed by atoms with Gasteiger partial charge in [-0.3, -0.25) is 0 Å². The molecule has 2 heteroatoms. The van der Waals surface area contributed by atoms with Crippen molar-refractivity contribution in [1.29, 1.82) is 0 Å². The zero-order valence-electron chi connectivity index (χ0n) is 6.81. The van der Waals surface area contributed by atoms with Crippen molar-refractivity contribution < 1.29 is 5.11 Å². The first kappa shape index (κ1) is 9.36. The van der Waals surface area contributed by atoms with Gasteiger partial charge in [0.05, 0.1) is 6.10 Å². The van der Waals surface area contributed by atoms with Crippen LogP contribution < -0.4 is 0 Å². The first-order chi connectivity index (χ1) is 5.84. The van der Waals surface area contributed by atoms with Gasteiger partial charge in [-0.15, -0.1) is 11.8 Å². The summed E-state index contributed by atoms with van der Waals surface area (Å²) in [4.78, 5) is 0. The molecule has 1 aromatic rings. The highest BCUT2D eigenvalue weighted by atomic mass is 32.2. The van der Waals surface area contributed by atoms with Gasteiger partial charge in [0, 0.05) is 5.75 Å². The summed E-state index contributed by atoms with van der Waals surface area (Å²) in [5, 5.41) is 11.3. The second-order valence-electron chi connectivity index (χ2n) is 2.43. The fraction of sp³-hybridized carbons (Fsp3) is 0.200. The molecule has 0 radical (unpaired) electrons. The molecule has 0 spiro atoms. The number of hydrogen-bond acceptors (Lipinski definition) is 2. The van der Waals surface area contributed by atoms with E-state index in [1.54, 1.807) is 5.41 Å². The van der Waals surface area contributed by atoms with Gasteiger partial charge in [0.1, 0.15) is 0 Å². The lowest BCUT2D eigenvalue weighted by atomic mass is 10.1. The lowest BCUT2D eigenvalue weighted by Crippen LogP contribution is -1.98. The molecular formula is C10H12OS. The maximum absolute atomic E-state index is 9.58. The van der Waals surface area contributed by atoms with Crippen molar-refractivity contribution in [3.8, 4) is 0 Å². The Balaban J connectivity index is 2.53. The smallest absolute Gasteiger partial charge is 0.0883 e. The second-order valence-corrected chi connectivity index (χ2v) is 3.43. The Hall–Kier alpha value is -0.730. The molecule has 0 amide bonds. The fourth-order valence-electron chi connectivity index (χ4n) is 0.931. The van der Waals surface area contributed by atoms with Crippen LogP contribution in [0.15, 0.2) is 42.3 Å². The van der Waals surface area contributed by atoms with Gasteiger partial charge in [0.15, 0.2) is 0 Å². The van der Waals surface area contributed by atoms with Crippen molar-refractivity contribution in [3.05, 3.63) is 47.9 Å². The van der Waals surface area contributed by atoms with Gasteiger partial charge in [-0.05, 0) is 11.0 Å². The molecule has 0 aliphatic rings. The Bertz CT molecular complexity index is 233. The molecule has 1 aromatic carbocycles. The predicted octanol–water partition coefficient (Wildman–Crippen LogP) is 2.60. The third-order valence-corrected chi connectivity index (χ3v) is 2.30. The summed E-state index contributed by atoms with van der Waals surface area (Å²) < 4.78 is 0. The minimum atomic E-state index is -0.380. The summed E-state index contributed by atoms with van der Waals surface area (Å²) in [6.07, 6.45) is -0.380. The van der Waals surface area contributed by atoms with E-state index in [1.165, 1.54) is 11.8 Å². The van der Waals surface area contributed by atoms with Crippen LogP contribution in [0.3, 0.4) is 0 Å². The number of rotatable bonds is 4. The molecular weight excluding hydrogens is 168 g/mol. The van der Waals surface area contributed by atoms with Crippen molar-refractivity contribution in [2.24, 2.45) is 0 Å². The second kappa shape index (κ2) is 5.01. The van der Waals surface area contributed by atoms with E-state index in [2.05, 4.69) is 6.58 Å². The number of benzene rings is 1. The van der Waals surface area contributed by atoms with Crippen LogP contribution in [-0.4, -0.2) is 10.9 Å². The van der Waals surface area contributed by atoms with Crippen molar-refractivity contribution in [1.82, 2.24) is 0 Å². The van der Waals surface area contributed by atoms with E-state index in [1.807, 2.05) is 30.3 Å². The topological polar surface area (TPSA) is 20.2 Å². The Labute approximate surface area is 77.1 Å². The van der Waals surface area contributed by atoms with E-state index in [9.17, 15) is 5.11 Å². The normalized spacial score (nSPS) is 12.4. The lowest BCUT2D eigenvalue weighted by Gasteiger charge is -2.07. The van der Waals surface area contributed by atoms with Crippen molar-refractivity contribution in [3.63, 3.8) is 0 Å². The molecule has 64 valence electrons. The molecule has 1 rings (SSSR count). The first-order valence-electron chi connectivity index (χ1n) is 3.80. The Morgan fingerprint density at radius 3 is 2.67 bits per heavy atom. The van der Waals surface area contributed by atoms with E-state index in [-0.39, 0.29) is 6.10 Å². The Morgan fingerprint density at radius 1 is 1.42 bits per heavy atom. The van der Waals surface area contributed by atoms with E-state index in [4.69, 9.17) is 0 Å². The molecule has 0 aromatic heterocycles. The monoisotopic (exact) mass is 180 g/mol. The highest BCUT2D eigenvalue weighted by Gasteiger charge is 2.04. The molecule has 12 heavy (non-hydrogen) atoms. The fourth-order valence-corrected chi connectivity index (χ4v) is 1.44. The maximum Gasteiger partial charge on any atom is 0.0883 e. The summed E-state index contributed by atoms with van der Waals surface area (Å²) in [5.41, 5.74) is 0.965. The van der Waals surface area contributed by atoms with Crippen LogP contribution in [0.4, 0.5) is 0 Å². The van der Waals surface area contributed by atoms with Gasteiger partial charge < -0.3 is 5.11 Å². The van der Waals surface area contributed by atoms with Crippen molar-refractivity contribution in [2.45, 2.75) is 6.10 Å². The lowest BCUT2D eigenvalue weighted by molar-refractivity contribution is 0.204. The Kier molecular flexibility index (Phi) is 3.91. The van der Waals surface area contributed by atoms with E-state index in [0.29, 0.717) is 5.75 Å². The maximum atomic E-state index is 9.58. The van der Waals surface area contributed by atoms with Crippen molar-refractivity contribution in [2.75, 3.05) is 5.75 Å². The van der Waals surface area contributed by atoms with Crippen LogP contribution in [0, 0.1) is 0 Å². The molecule has 0 heterocycles. The minimum absolute atomic E-state index is 0.380. The molecule has 1 atom stereocenters. The largest absolute Gasteiger partial charge is 0.388 e. The quantitative estimate of drug-likeness (QED) is 0.768. The number of aliphatic hydroxyl groups excluding tert-OH is 1. The van der Waals surface area contributed by atoms with Crippen molar-refractivity contribution >= 4 is 11.8 Å². The van der Waals surface area contributed by atoms with Crippen LogP contribution in [-0.2, 0) is 0 Å². The van der Waals surface area contributed by atoms with Gasteiger partial charge in [0.2, 0.25) is 0 Å². The van der Waals surface area contributed by atoms with Gasteiger partial charge >= 0.3 is 0 Å². The Morgan fingerprint density at radius 2 is 2.08 bits per heavy atom. The summed E-state index contributed by atoms with van der Waals surface area (Å²) in [6, 6.07) is 9.65. The molecule has 1 N–H and O–H groups in total. The standard InChI is InChI=1S/C10H12OS/c1-2-12-8-10(11)9-6-4-3-5-7-9/h2-7,10-11H,1,8H2. The number of hydrogen-bond donors (Lipinski definition) is 1. The predicted molar refractivity (Wildman–Crippen MR) is 54.1 cm³/mol. The molecule has 1 nitrogen and oxygen atoms in total. The highest BCUT2D eigenvalue weighted by molar-refractivity contribution is 8.02. The van der Waals surface area contributed by atoms with Crippen LogP contribution in [0.2, 0.25) is 0 Å². The van der Waals surface area contributed by atoms with Gasteiger partial charge in [0.25, 0.3) is 0 Å². The average molecular weight is 180 g/mol. The summed E-state index contributed by atoms with van der Waals surface area (Å²) >= 11 is 1.52. The highest BCUT2D eigenvalue weighted by Crippen LogP contribution is 2.17. The molecule has 0 saturated heterocycles. The van der Waals surface area contributed by atoms with Crippen LogP contribution in [0.5, 0.6) is 0 Å². The summed E-state index contributed by atoms with van der Waals surface area (Å²) in [7, 11) is 0. The summed E-state index contributed by atoms with van der Waals surface area (Å²) in [6.45, 7) is 3.58. The average Bonchev–Trinajstić information content (AvgIpc) is 2.15. The van der Waals surface area contributed by atoms with Crippen LogP contribution in [0.1, 0.15) is 11.7 Å². The van der Waals surface area contributed by atoms with E-state index >= 15 is 0 Å². The summed E-state index contributed by atoms with van der Waals surface area (Å²) in [5.74, 6) is 0.674. The molecule has 0 aliphatic carbocycles. The number of aliphatic hydroxyl groups is 1. The third-order valence-electron chi connectivity index (χ3n) is 1.56. The molecule has 0 saturated carbocycles. The molecule has 0 bridgehead atoms. The minimum Gasteiger partial charge on any atom is -0.388 e. The van der Waals surface area contributed by atoms with Crippen LogP contribution in [0.25, 0.3) is 0 Å². The van der Waals surface area contributed by atoms with Crippen LogP contribution >= 0.6 is 11.8 Å². The molecule has 0 fully saturated rings. The zero-order valence-corrected chi connectivity index (χ0v) is 7.63. The number of thioether (sulfide) groups is 1. The first-order valence-corrected chi connectivity index (χ1v) is 4.85. The molecule has 1 unspecified atom stereocenters. The zero-order chi connectivity index (χ0) is 8.81. The van der Waals surface area contributed by atoms with E-state index < -0.39 is 0 Å². The van der Waals surface area contributed by atoms with Gasteiger partial charge in [-0.25, -0.2) is 0 Å². The third kappa shape index (κ3) is 2.72. The SMILES string of the molecule is C=CSCC(O)c1ccccc1. The van der Waals surface area contributed by atoms with E-state index in [0.717, 1.165) is 5.56 Å². The molecule has 0 aliphatic heterocycles. The van der Waals surface area contributed by atoms with Gasteiger partial charge in [-0.2, -0.15) is 0 Å². The van der Waals surface area contributed by atoms with Gasteiger partial charge in [-0.1, -0.05) is 36.9 Å².